The second kappa shape index (κ2) is 6.35. The van der Waals surface area contributed by atoms with Gasteiger partial charge in [-0.05, 0) is 25.0 Å². The van der Waals surface area contributed by atoms with Crippen molar-refractivity contribution in [1.82, 2.24) is 10.3 Å². The summed E-state index contributed by atoms with van der Waals surface area (Å²) in [5, 5.41) is 3.25. The van der Waals surface area contributed by atoms with Crippen molar-refractivity contribution in [2.24, 2.45) is 5.92 Å². The number of nitrogens with zero attached hydrogens (tertiary/aromatic N) is 1. The topological polar surface area (TPSA) is 51.2 Å². The summed E-state index contributed by atoms with van der Waals surface area (Å²) in [7, 11) is 1.41. The van der Waals surface area contributed by atoms with Gasteiger partial charge < -0.3 is 4.74 Å². The van der Waals surface area contributed by atoms with Crippen LogP contribution in [0.4, 0.5) is 0 Å². The molecule has 1 N–H and O–H groups in total. The Balaban J connectivity index is 2.71. The molecule has 0 fully saturated rings. The molecule has 1 aromatic heterocycles. The van der Waals surface area contributed by atoms with E-state index in [1.165, 1.54) is 7.11 Å². The molecule has 2 atom stereocenters. The van der Waals surface area contributed by atoms with Gasteiger partial charge in [-0.3, -0.25) is 15.1 Å². The van der Waals surface area contributed by atoms with Gasteiger partial charge in [-0.1, -0.05) is 19.9 Å². The smallest absolute Gasteiger partial charge is 0.323 e. The summed E-state index contributed by atoms with van der Waals surface area (Å²) in [6.45, 7) is 5.96. The van der Waals surface area contributed by atoms with Crippen LogP contribution in [-0.4, -0.2) is 24.1 Å². The summed E-state index contributed by atoms with van der Waals surface area (Å²) in [5.74, 6) is -0.0589. The molecule has 0 aliphatic rings. The van der Waals surface area contributed by atoms with Crippen molar-refractivity contribution >= 4 is 5.97 Å². The summed E-state index contributed by atoms with van der Waals surface area (Å²) in [4.78, 5) is 15.9. The quantitative estimate of drug-likeness (QED) is 0.794. The van der Waals surface area contributed by atoms with Crippen LogP contribution in [0, 0.1) is 5.92 Å². The van der Waals surface area contributed by atoms with E-state index >= 15 is 0 Å². The third kappa shape index (κ3) is 3.82. The summed E-state index contributed by atoms with van der Waals surface area (Å²) >= 11 is 0. The zero-order chi connectivity index (χ0) is 12.8. The van der Waals surface area contributed by atoms with Crippen molar-refractivity contribution in [3.05, 3.63) is 30.1 Å². The Kier molecular flexibility index (Phi) is 5.10. The fourth-order valence-corrected chi connectivity index (χ4v) is 1.65. The maximum atomic E-state index is 11.6. The molecule has 0 radical (unpaired) electrons. The van der Waals surface area contributed by atoms with E-state index in [4.69, 9.17) is 4.74 Å². The molecule has 0 spiro atoms. The summed E-state index contributed by atoms with van der Waals surface area (Å²) in [6, 6.07) is 5.45. The molecule has 4 heteroatoms. The molecule has 1 unspecified atom stereocenters. The number of carbonyl (C=O) groups excluding carboxylic acids is 1. The fourth-order valence-electron chi connectivity index (χ4n) is 1.65. The molecule has 0 bridgehead atoms. The number of rotatable bonds is 5. The van der Waals surface area contributed by atoms with Gasteiger partial charge in [0.15, 0.2) is 0 Å². The summed E-state index contributed by atoms with van der Waals surface area (Å²) < 4.78 is 4.79. The van der Waals surface area contributed by atoms with E-state index in [0.29, 0.717) is 0 Å². The van der Waals surface area contributed by atoms with Crippen LogP contribution < -0.4 is 5.32 Å². The average Bonchev–Trinajstić information content (AvgIpc) is 2.35. The monoisotopic (exact) mass is 236 g/mol. The van der Waals surface area contributed by atoms with Gasteiger partial charge in [0.25, 0.3) is 0 Å². The SMILES string of the molecule is COC(=O)[C@@H](NC(C)c1ccccn1)C(C)C. The zero-order valence-corrected chi connectivity index (χ0v) is 10.8. The van der Waals surface area contributed by atoms with E-state index in [9.17, 15) is 4.79 Å². The number of carbonyl (C=O) groups is 1. The largest absolute Gasteiger partial charge is 0.468 e. The third-order valence-electron chi connectivity index (χ3n) is 2.68. The number of pyridine rings is 1. The van der Waals surface area contributed by atoms with E-state index < -0.39 is 0 Å². The van der Waals surface area contributed by atoms with Gasteiger partial charge in [0, 0.05) is 12.2 Å². The second-order valence-electron chi connectivity index (χ2n) is 4.39. The van der Waals surface area contributed by atoms with Crippen LogP contribution in [0.25, 0.3) is 0 Å². The van der Waals surface area contributed by atoms with E-state index in [1.54, 1.807) is 6.20 Å². The highest BCUT2D eigenvalue weighted by Gasteiger charge is 2.25. The predicted octanol–water partition coefficient (Wildman–Crippen LogP) is 1.93. The fraction of sp³-hybridized carbons (Fsp3) is 0.538. The molecule has 0 aliphatic carbocycles. The van der Waals surface area contributed by atoms with Gasteiger partial charge >= 0.3 is 5.97 Å². The summed E-state index contributed by atoms with van der Waals surface area (Å²) in [5.41, 5.74) is 0.919. The van der Waals surface area contributed by atoms with Crippen LogP contribution in [0.1, 0.15) is 32.5 Å². The minimum absolute atomic E-state index is 0.0164. The van der Waals surface area contributed by atoms with Crippen LogP contribution in [0.15, 0.2) is 24.4 Å². The Hall–Kier alpha value is -1.42. The first-order valence-corrected chi connectivity index (χ1v) is 5.81. The van der Waals surface area contributed by atoms with Gasteiger partial charge in [0.1, 0.15) is 6.04 Å². The highest BCUT2D eigenvalue weighted by Crippen LogP contribution is 2.13. The first kappa shape index (κ1) is 13.6. The lowest BCUT2D eigenvalue weighted by molar-refractivity contribution is -0.144. The number of methoxy groups -OCH3 is 1. The van der Waals surface area contributed by atoms with Crippen molar-refractivity contribution in [3.8, 4) is 0 Å². The van der Waals surface area contributed by atoms with Crippen molar-refractivity contribution in [1.29, 1.82) is 0 Å². The van der Waals surface area contributed by atoms with Crippen molar-refractivity contribution < 1.29 is 9.53 Å². The van der Waals surface area contributed by atoms with E-state index in [-0.39, 0.29) is 24.0 Å². The Morgan fingerprint density at radius 2 is 2.06 bits per heavy atom. The molecule has 94 valence electrons. The molecule has 1 rings (SSSR count). The average molecular weight is 236 g/mol. The molecule has 0 saturated heterocycles. The molecule has 4 nitrogen and oxygen atoms in total. The molecule has 17 heavy (non-hydrogen) atoms. The maximum Gasteiger partial charge on any atom is 0.323 e. The highest BCUT2D eigenvalue weighted by molar-refractivity contribution is 5.76. The first-order valence-electron chi connectivity index (χ1n) is 5.81. The molecule has 1 aromatic rings. The normalized spacial score (nSPS) is 14.4. The zero-order valence-electron chi connectivity index (χ0n) is 10.8. The predicted molar refractivity (Wildman–Crippen MR) is 66.4 cm³/mol. The molecule has 0 aliphatic heterocycles. The minimum Gasteiger partial charge on any atom is -0.468 e. The Bertz CT molecular complexity index is 352. The number of hydrogen-bond acceptors (Lipinski definition) is 4. The number of esters is 1. The number of aromatic nitrogens is 1. The molecule has 0 aromatic carbocycles. The molecule has 0 amide bonds. The number of ether oxygens (including phenoxy) is 1. The van der Waals surface area contributed by atoms with Gasteiger partial charge in [0.05, 0.1) is 12.8 Å². The maximum absolute atomic E-state index is 11.6. The Morgan fingerprint density at radius 1 is 1.35 bits per heavy atom. The number of hydrogen-bond donors (Lipinski definition) is 1. The Morgan fingerprint density at radius 3 is 2.53 bits per heavy atom. The standard InChI is InChI=1S/C13H20N2O2/c1-9(2)12(13(16)17-4)15-10(3)11-7-5-6-8-14-11/h5-10,12,15H,1-4H3/t10?,12-/m0/s1. The molecule has 0 saturated carbocycles. The van der Waals surface area contributed by atoms with Crippen LogP contribution in [0.3, 0.4) is 0 Å². The van der Waals surface area contributed by atoms with Gasteiger partial charge in [-0.2, -0.15) is 0 Å². The third-order valence-corrected chi connectivity index (χ3v) is 2.68. The molecular weight excluding hydrogens is 216 g/mol. The van der Waals surface area contributed by atoms with E-state index in [0.717, 1.165) is 5.69 Å². The van der Waals surface area contributed by atoms with Crippen LogP contribution >= 0.6 is 0 Å². The van der Waals surface area contributed by atoms with Crippen LogP contribution in [-0.2, 0) is 9.53 Å². The van der Waals surface area contributed by atoms with E-state index in [2.05, 4.69) is 10.3 Å². The molecular formula is C13H20N2O2. The lowest BCUT2D eigenvalue weighted by atomic mass is 10.0. The van der Waals surface area contributed by atoms with Crippen LogP contribution in [0.2, 0.25) is 0 Å². The Labute approximate surface area is 102 Å². The lowest BCUT2D eigenvalue weighted by Gasteiger charge is -2.23. The first-order chi connectivity index (χ1) is 8.06. The molecule has 1 heterocycles. The van der Waals surface area contributed by atoms with Gasteiger partial charge in [-0.25, -0.2) is 0 Å². The number of nitrogens with one attached hydrogen (secondary N) is 1. The highest BCUT2D eigenvalue weighted by atomic mass is 16.5. The minimum atomic E-state index is -0.308. The lowest BCUT2D eigenvalue weighted by Crippen LogP contribution is -2.43. The van der Waals surface area contributed by atoms with Gasteiger partial charge in [0.2, 0.25) is 0 Å². The second-order valence-corrected chi connectivity index (χ2v) is 4.39. The van der Waals surface area contributed by atoms with Crippen LogP contribution in [0.5, 0.6) is 0 Å². The van der Waals surface area contributed by atoms with Crippen molar-refractivity contribution in [2.75, 3.05) is 7.11 Å². The van der Waals surface area contributed by atoms with Crippen molar-refractivity contribution in [2.45, 2.75) is 32.9 Å². The van der Waals surface area contributed by atoms with E-state index in [1.807, 2.05) is 39.0 Å². The summed E-state index contributed by atoms with van der Waals surface area (Å²) in [6.07, 6.45) is 1.75. The van der Waals surface area contributed by atoms with Crippen molar-refractivity contribution in [3.63, 3.8) is 0 Å². The van der Waals surface area contributed by atoms with Gasteiger partial charge in [-0.15, -0.1) is 0 Å².